The lowest BCUT2D eigenvalue weighted by atomic mass is 10.0. The molecule has 0 spiro atoms. The number of benzene rings is 2. The lowest BCUT2D eigenvalue weighted by Gasteiger charge is -2.14. The molecule has 4 rings (SSSR count). The molecular weight excluding hydrogens is 438 g/mol. The number of nitrogens with zero attached hydrogens (tertiary/aromatic N) is 2. The number of ether oxygens (including phenoxy) is 1. The number of aryl methyl sites for hydroxylation is 2. The maximum Gasteiger partial charge on any atom is 0.276 e. The zero-order valence-corrected chi connectivity index (χ0v) is 20.1. The standard InChI is InChI=1S/C25H29N3O4S/c1-16(2)32-22-9-7-20(8-10-22)26-25(29)23-14-24(19-6-5-17(3)18(4)13-19)28(27-23)21-11-12-33(30,31)15-21/h5-10,13-14,16,21H,11-12,15H2,1-4H3,(H,26,29). The molecule has 1 fully saturated rings. The summed E-state index contributed by atoms with van der Waals surface area (Å²) in [5, 5.41) is 7.42. The molecule has 1 amide bonds. The van der Waals surface area contributed by atoms with Gasteiger partial charge in [-0.2, -0.15) is 5.10 Å². The Bertz CT molecular complexity index is 1280. The van der Waals surface area contributed by atoms with Crippen molar-refractivity contribution in [2.45, 2.75) is 46.3 Å². The Morgan fingerprint density at radius 3 is 2.42 bits per heavy atom. The third-order valence-corrected chi connectivity index (χ3v) is 7.56. The first kappa shape index (κ1) is 23.0. The Hall–Kier alpha value is -3.13. The molecule has 2 aromatic carbocycles. The summed E-state index contributed by atoms with van der Waals surface area (Å²) in [5.74, 6) is 0.546. The van der Waals surface area contributed by atoms with E-state index in [1.54, 1.807) is 35.0 Å². The van der Waals surface area contributed by atoms with Gasteiger partial charge in [0.1, 0.15) is 5.75 Å². The molecule has 0 bridgehead atoms. The van der Waals surface area contributed by atoms with E-state index in [9.17, 15) is 13.2 Å². The molecule has 7 nitrogen and oxygen atoms in total. The molecule has 1 saturated heterocycles. The second kappa shape index (κ2) is 9.02. The number of hydrogen-bond donors (Lipinski definition) is 1. The van der Waals surface area contributed by atoms with Gasteiger partial charge >= 0.3 is 0 Å². The predicted octanol–water partition coefficient (Wildman–Crippen LogP) is 4.57. The highest BCUT2D eigenvalue weighted by Crippen LogP contribution is 2.31. The number of aromatic nitrogens is 2. The maximum absolute atomic E-state index is 13.0. The van der Waals surface area contributed by atoms with Crippen LogP contribution in [0.1, 0.15) is 47.9 Å². The molecule has 1 aliphatic heterocycles. The number of carbonyl (C=O) groups excluding carboxylic acids is 1. The van der Waals surface area contributed by atoms with Crippen molar-refractivity contribution in [3.63, 3.8) is 0 Å². The fraction of sp³-hybridized carbons (Fsp3) is 0.360. The Morgan fingerprint density at radius 2 is 1.82 bits per heavy atom. The SMILES string of the molecule is Cc1ccc(-c2cc(C(=O)Nc3ccc(OC(C)C)cc3)nn2C2CCS(=O)(=O)C2)cc1C. The van der Waals surface area contributed by atoms with Crippen molar-refractivity contribution in [1.29, 1.82) is 0 Å². The van der Waals surface area contributed by atoms with Gasteiger partial charge in [0, 0.05) is 11.3 Å². The van der Waals surface area contributed by atoms with E-state index in [0.29, 0.717) is 12.1 Å². The average Bonchev–Trinajstić information content (AvgIpc) is 3.34. The zero-order chi connectivity index (χ0) is 23.8. The molecule has 2 heterocycles. The summed E-state index contributed by atoms with van der Waals surface area (Å²) in [6.07, 6.45) is 0.554. The normalized spacial score (nSPS) is 17.3. The first-order valence-electron chi connectivity index (χ1n) is 11.1. The smallest absolute Gasteiger partial charge is 0.276 e. The minimum atomic E-state index is -3.10. The van der Waals surface area contributed by atoms with E-state index < -0.39 is 9.84 Å². The van der Waals surface area contributed by atoms with Crippen molar-refractivity contribution in [1.82, 2.24) is 9.78 Å². The van der Waals surface area contributed by atoms with Crippen LogP contribution in [0.25, 0.3) is 11.3 Å². The second-order valence-electron chi connectivity index (χ2n) is 8.86. The van der Waals surface area contributed by atoms with Crippen molar-refractivity contribution in [3.05, 3.63) is 65.4 Å². The van der Waals surface area contributed by atoms with Crippen molar-refractivity contribution in [3.8, 4) is 17.0 Å². The third-order valence-electron chi connectivity index (χ3n) is 5.81. The van der Waals surface area contributed by atoms with Crippen LogP contribution in [0.2, 0.25) is 0 Å². The average molecular weight is 468 g/mol. The van der Waals surface area contributed by atoms with Gasteiger partial charge in [-0.1, -0.05) is 12.1 Å². The topological polar surface area (TPSA) is 90.3 Å². The number of sulfone groups is 1. The number of anilines is 1. The van der Waals surface area contributed by atoms with Crippen molar-refractivity contribution < 1.29 is 17.9 Å². The van der Waals surface area contributed by atoms with Crippen LogP contribution in [-0.2, 0) is 9.84 Å². The summed E-state index contributed by atoms with van der Waals surface area (Å²) >= 11 is 0. The van der Waals surface area contributed by atoms with E-state index >= 15 is 0 Å². The van der Waals surface area contributed by atoms with Gasteiger partial charge in [-0.25, -0.2) is 8.42 Å². The first-order chi connectivity index (χ1) is 15.6. The molecule has 1 N–H and O–H groups in total. The molecule has 174 valence electrons. The molecule has 1 aromatic heterocycles. The van der Waals surface area contributed by atoms with Gasteiger partial charge in [0.05, 0.1) is 29.3 Å². The quantitative estimate of drug-likeness (QED) is 0.574. The summed E-state index contributed by atoms with van der Waals surface area (Å²) < 4.78 is 31.6. The van der Waals surface area contributed by atoms with Crippen LogP contribution in [0.15, 0.2) is 48.5 Å². The second-order valence-corrected chi connectivity index (χ2v) is 11.1. The van der Waals surface area contributed by atoms with E-state index in [-0.39, 0.29) is 35.3 Å². The van der Waals surface area contributed by atoms with Crippen LogP contribution in [0.4, 0.5) is 5.69 Å². The molecule has 1 unspecified atom stereocenters. The molecule has 1 atom stereocenters. The van der Waals surface area contributed by atoms with Gasteiger partial charge < -0.3 is 10.1 Å². The van der Waals surface area contributed by atoms with E-state index in [4.69, 9.17) is 4.74 Å². The van der Waals surface area contributed by atoms with Crippen LogP contribution >= 0.6 is 0 Å². The minimum Gasteiger partial charge on any atom is -0.491 e. The highest BCUT2D eigenvalue weighted by atomic mass is 32.2. The van der Waals surface area contributed by atoms with Crippen LogP contribution in [-0.4, -0.2) is 41.7 Å². The Labute approximate surface area is 194 Å². The summed E-state index contributed by atoms with van der Waals surface area (Å²) in [5.41, 5.74) is 4.80. The summed E-state index contributed by atoms with van der Waals surface area (Å²) in [6, 6.07) is 14.7. The molecule has 33 heavy (non-hydrogen) atoms. The number of nitrogens with one attached hydrogen (secondary N) is 1. The molecule has 3 aromatic rings. The van der Waals surface area contributed by atoms with E-state index in [0.717, 1.165) is 28.1 Å². The lowest BCUT2D eigenvalue weighted by molar-refractivity contribution is 0.102. The monoisotopic (exact) mass is 467 g/mol. The Kier molecular flexibility index (Phi) is 6.30. The number of hydrogen-bond acceptors (Lipinski definition) is 5. The molecule has 0 aliphatic carbocycles. The summed E-state index contributed by atoms with van der Waals surface area (Å²) in [4.78, 5) is 13.0. The number of rotatable bonds is 6. The van der Waals surface area contributed by atoms with Crippen LogP contribution in [0.5, 0.6) is 5.75 Å². The molecule has 0 radical (unpaired) electrons. The fourth-order valence-corrected chi connectivity index (χ4v) is 5.64. The largest absolute Gasteiger partial charge is 0.491 e. The van der Waals surface area contributed by atoms with Crippen molar-refractivity contribution >= 4 is 21.4 Å². The van der Waals surface area contributed by atoms with Gasteiger partial charge in [-0.15, -0.1) is 0 Å². The van der Waals surface area contributed by atoms with Gasteiger partial charge in [0.25, 0.3) is 5.91 Å². The van der Waals surface area contributed by atoms with E-state index in [1.165, 1.54) is 0 Å². The van der Waals surface area contributed by atoms with Crippen LogP contribution in [0.3, 0.4) is 0 Å². The fourth-order valence-electron chi connectivity index (χ4n) is 3.95. The lowest BCUT2D eigenvalue weighted by Crippen LogP contribution is -2.16. The first-order valence-corrected chi connectivity index (χ1v) is 12.9. The van der Waals surface area contributed by atoms with Gasteiger partial charge in [-0.05, 0) is 81.6 Å². The molecule has 1 aliphatic rings. The number of amides is 1. The van der Waals surface area contributed by atoms with Crippen molar-refractivity contribution in [2.24, 2.45) is 0 Å². The van der Waals surface area contributed by atoms with Gasteiger partial charge in [-0.3, -0.25) is 9.48 Å². The highest BCUT2D eigenvalue weighted by Gasteiger charge is 2.32. The zero-order valence-electron chi connectivity index (χ0n) is 19.3. The van der Waals surface area contributed by atoms with E-state index in [2.05, 4.69) is 10.4 Å². The Balaban J connectivity index is 1.64. The highest BCUT2D eigenvalue weighted by molar-refractivity contribution is 7.91. The summed E-state index contributed by atoms with van der Waals surface area (Å²) in [6.45, 7) is 7.97. The summed E-state index contributed by atoms with van der Waals surface area (Å²) in [7, 11) is -3.10. The Morgan fingerprint density at radius 1 is 1.09 bits per heavy atom. The van der Waals surface area contributed by atoms with Gasteiger partial charge in [0.2, 0.25) is 0 Å². The van der Waals surface area contributed by atoms with Crippen LogP contribution < -0.4 is 10.1 Å². The molecular formula is C25H29N3O4S. The minimum absolute atomic E-state index is 0.0326. The van der Waals surface area contributed by atoms with Crippen molar-refractivity contribution in [2.75, 3.05) is 16.8 Å². The molecule has 0 saturated carbocycles. The molecule has 8 heteroatoms. The third kappa shape index (κ3) is 5.27. The van der Waals surface area contributed by atoms with E-state index in [1.807, 2.05) is 45.9 Å². The van der Waals surface area contributed by atoms with Gasteiger partial charge in [0.15, 0.2) is 15.5 Å². The number of carbonyl (C=O) groups is 1. The van der Waals surface area contributed by atoms with Crippen LogP contribution in [0, 0.1) is 13.8 Å². The maximum atomic E-state index is 13.0. The predicted molar refractivity (Wildman–Crippen MR) is 130 cm³/mol.